The first kappa shape index (κ1) is 12.3. The summed E-state index contributed by atoms with van der Waals surface area (Å²) in [7, 11) is 0. The molecule has 4 heteroatoms. The predicted molar refractivity (Wildman–Crippen MR) is 59.4 cm³/mol. The van der Waals surface area contributed by atoms with Crippen molar-refractivity contribution >= 4 is 0 Å². The van der Waals surface area contributed by atoms with E-state index in [-0.39, 0.29) is 28.2 Å². The zero-order valence-corrected chi connectivity index (χ0v) is 9.44. The Kier molecular flexibility index (Phi) is 3.46. The second kappa shape index (κ2) is 4.80. The summed E-state index contributed by atoms with van der Waals surface area (Å²) in [4.78, 5) is 0. The Morgan fingerprint density at radius 2 is 1.35 bits per heavy atom. The molecule has 0 unspecified atom stereocenters. The molecule has 0 aliphatic carbocycles. The molecule has 1 aromatic rings. The Morgan fingerprint density at radius 1 is 0.824 bits per heavy atom. The van der Waals surface area contributed by atoms with E-state index >= 15 is 0 Å². The zero-order chi connectivity index (χ0) is 13.0. The molecule has 0 radical (unpaired) electrons. The zero-order valence-electron chi connectivity index (χ0n) is 9.44. The minimum atomic E-state index is -0.0563. The molecular formula is C13H8N4. The Morgan fingerprint density at radius 3 is 1.71 bits per heavy atom. The number of hydrogen-bond donors (Lipinski definition) is 0. The van der Waals surface area contributed by atoms with Crippen LogP contribution in [0.5, 0.6) is 0 Å². The maximum atomic E-state index is 9.10. The summed E-state index contributed by atoms with van der Waals surface area (Å²) in [5.74, 6) is -0.0563. The molecule has 0 aromatic heterocycles. The predicted octanol–water partition coefficient (Wildman–Crippen LogP) is 2.30. The molecule has 0 aliphatic rings. The molecule has 0 atom stereocenters. The van der Waals surface area contributed by atoms with Crippen molar-refractivity contribution in [2.75, 3.05) is 0 Å². The van der Waals surface area contributed by atoms with Gasteiger partial charge in [-0.05, 0) is 17.5 Å². The highest BCUT2D eigenvalue weighted by Gasteiger charge is 2.19. The fraction of sp³-hybridized carbons (Fsp3) is 0.231. The van der Waals surface area contributed by atoms with Crippen LogP contribution in [-0.4, -0.2) is 0 Å². The van der Waals surface area contributed by atoms with Crippen molar-refractivity contribution in [1.82, 2.24) is 0 Å². The Hall–Kier alpha value is -2.82. The van der Waals surface area contributed by atoms with Gasteiger partial charge in [0.1, 0.15) is 18.2 Å². The SMILES string of the molecule is CC(C)c1c(C#N)cc(C#N)c(C#N)c1C#N. The first-order valence-electron chi connectivity index (χ1n) is 4.92. The van der Waals surface area contributed by atoms with Gasteiger partial charge >= 0.3 is 0 Å². The van der Waals surface area contributed by atoms with Gasteiger partial charge in [-0.1, -0.05) is 13.8 Å². The highest BCUT2D eigenvalue weighted by Crippen LogP contribution is 2.28. The number of benzene rings is 1. The van der Waals surface area contributed by atoms with E-state index in [0.717, 1.165) is 0 Å². The van der Waals surface area contributed by atoms with Crippen molar-refractivity contribution in [2.24, 2.45) is 0 Å². The van der Waals surface area contributed by atoms with Crippen molar-refractivity contribution in [2.45, 2.75) is 19.8 Å². The summed E-state index contributed by atoms with van der Waals surface area (Å²) in [5, 5.41) is 36.0. The van der Waals surface area contributed by atoms with Gasteiger partial charge in [-0.2, -0.15) is 21.0 Å². The van der Waals surface area contributed by atoms with Crippen LogP contribution in [0.4, 0.5) is 0 Å². The summed E-state index contributed by atoms with van der Waals surface area (Å²) in [5.41, 5.74) is 1.08. The maximum absolute atomic E-state index is 9.10. The average molecular weight is 220 g/mol. The van der Waals surface area contributed by atoms with E-state index in [1.54, 1.807) is 0 Å². The van der Waals surface area contributed by atoms with Crippen LogP contribution in [0.15, 0.2) is 6.07 Å². The molecule has 0 saturated carbocycles. The lowest BCUT2D eigenvalue weighted by Crippen LogP contribution is -2.03. The van der Waals surface area contributed by atoms with Gasteiger partial charge in [-0.3, -0.25) is 0 Å². The average Bonchev–Trinajstić information content (AvgIpc) is 2.35. The smallest absolute Gasteiger partial charge is 0.102 e. The second-order valence-corrected chi connectivity index (χ2v) is 3.74. The molecule has 0 aliphatic heterocycles. The Balaban J connectivity index is 3.88. The standard InChI is InChI=1S/C13H8N4/c1-8(2)13-10(5-15)3-9(4-14)11(6-16)12(13)7-17/h3,8H,1-2H3. The molecule has 0 heterocycles. The monoisotopic (exact) mass is 220 g/mol. The molecule has 0 amide bonds. The number of nitriles is 4. The quantitative estimate of drug-likeness (QED) is 0.725. The van der Waals surface area contributed by atoms with E-state index in [9.17, 15) is 0 Å². The third-order valence-electron chi connectivity index (χ3n) is 2.41. The van der Waals surface area contributed by atoms with Crippen molar-refractivity contribution in [3.8, 4) is 24.3 Å². The topological polar surface area (TPSA) is 95.2 Å². The van der Waals surface area contributed by atoms with Gasteiger partial charge in [0.15, 0.2) is 0 Å². The van der Waals surface area contributed by atoms with Crippen LogP contribution in [0.2, 0.25) is 0 Å². The van der Waals surface area contributed by atoms with Crippen LogP contribution in [0.3, 0.4) is 0 Å². The van der Waals surface area contributed by atoms with E-state index in [1.165, 1.54) is 6.07 Å². The van der Waals surface area contributed by atoms with Crippen LogP contribution in [0.1, 0.15) is 47.6 Å². The molecule has 17 heavy (non-hydrogen) atoms. The second-order valence-electron chi connectivity index (χ2n) is 3.74. The minimum absolute atomic E-state index is 0.0534. The fourth-order valence-corrected chi connectivity index (χ4v) is 1.71. The summed E-state index contributed by atoms with van der Waals surface area (Å²) >= 11 is 0. The van der Waals surface area contributed by atoms with Gasteiger partial charge in [0.2, 0.25) is 0 Å². The molecule has 0 saturated heterocycles. The van der Waals surface area contributed by atoms with Gasteiger partial charge < -0.3 is 0 Å². The molecule has 0 bridgehead atoms. The number of rotatable bonds is 1. The molecule has 0 N–H and O–H groups in total. The van der Waals surface area contributed by atoms with Crippen molar-refractivity contribution in [3.63, 3.8) is 0 Å². The maximum Gasteiger partial charge on any atom is 0.102 e. The van der Waals surface area contributed by atoms with E-state index in [4.69, 9.17) is 21.0 Å². The van der Waals surface area contributed by atoms with Crippen LogP contribution >= 0.6 is 0 Å². The molecule has 0 spiro atoms. The van der Waals surface area contributed by atoms with Crippen LogP contribution in [0.25, 0.3) is 0 Å². The molecular weight excluding hydrogens is 212 g/mol. The van der Waals surface area contributed by atoms with Gasteiger partial charge in [0, 0.05) is 0 Å². The van der Waals surface area contributed by atoms with Gasteiger partial charge in [-0.15, -0.1) is 0 Å². The normalized spacial score (nSPS) is 8.88. The minimum Gasteiger partial charge on any atom is -0.192 e. The summed E-state index contributed by atoms with van der Waals surface area (Å²) in [6.45, 7) is 3.68. The van der Waals surface area contributed by atoms with E-state index in [1.807, 2.05) is 38.1 Å². The number of hydrogen-bond acceptors (Lipinski definition) is 4. The lowest BCUT2D eigenvalue weighted by atomic mass is 9.87. The fourth-order valence-electron chi connectivity index (χ4n) is 1.71. The van der Waals surface area contributed by atoms with Crippen molar-refractivity contribution < 1.29 is 0 Å². The Bertz CT molecular complexity index is 628. The molecule has 0 fully saturated rings. The van der Waals surface area contributed by atoms with E-state index < -0.39 is 0 Å². The summed E-state index contributed by atoms with van der Waals surface area (Å²) in [6, 6.07) is 8.95. The van der Waals surface area contributed by atoms with Crippen molar-refractivity contribution in [3.05, 3.63) is 33.9 Å². The third kappa shape index (κ3) is 1.93. The van der Waals surface area contributed by atoms with Crippen LogP contribution in [-0.2, 0) is 0 Å². The lowest BCUT2D eigenvalue weighted by molar-refractivity contribution is 0.857. The molecule has 1 rings (SSSR count). The van der Waals surface area contributed by atoms with Gasteiger partial charge in [0.25, 0.3) is 0 Å². The first-order valence-corrected chi connectivity index (χ1v) is 4.92. The van der Waals surface area contributed by atoms with Gasteiger partial charge in [-0.25, -0.2) is 0 Å². The molecule has 4 nitrogen and oxygen atoms in total. The third-order valence-corrected chi connectivity index (χ3v) is 2.41. The van der Waals surface area contributed by atoms with Crippen LogP contribution < -0.4 is 0 Å². The number of nitrogens with zero attached hydrogens (tertiary/aromatic N) is 4. The lowest BCUT2D eigenvalue weighted by Gasteiger charge is -2.12. The molecule has 1 aromatic carbocycles. The largest absolute Gasteiger partial charge is 0.192 e. The van der Waals surface area contributed by atoms with Crippen LogP contribution in [0, 0.1) is 45.3 Å². The Labute approximate surface area is 99.6 Å². The summed E-state index contributed by atoms with van der Waals surface area (Å²) < 4.78 is 0. The van der Waals surface area contributed by atoms with E-state index in [2.05, 4.69) is 0 Å². The highest BCUT2D eigenvalue weighted by atomic mass is 14.3. The van der Waals surface area contributed by atoms with Crippen molar-refractivity contribution in [1.29, 1.82) is 21.0 Å². The van der Waals surface area contributed by atoms with E-state index in [0.29, 0.717) is 5.56 Å². The first-order chi connectivity index (χ1) is 8.10. The van der Waals surface area contributed by atoms with Gasteiger partial charge in [0.05, 0.1) is 28.3 Å². The highest BCUT2D eigenvalue weighted by molar-refractivity contribution is 5.64. The summed E-state index contributed by atoms with van der Waals surface area (Å²) in [6.07, 6.45) is 0. The molecule has 80 valence electrons.